The Bertz CT molecular complexity index is 320. The number of nitrogens with one attached hydrogen (secondary N) is 1. The zero-order valence-electron chi connectivity index (χ0n) is 8.84. The van der Waals surface area contributed by atoms with Crippen LogP contribution in [0.2, 0.25) is 0 Å². The second-order valence-corrected chi connectivity index (χ2v) is 5.59. The van der Waals surface area contributed by atoms with Gasteiger partial charge in [0.2, 0.25) is 0 Å². The van der Waals surface area contributed by atoms with Gasteiger partial charge in [-0.25, -0.2) is 0 Å². The fraction of sp³-hybridized carbons (Fsp3) is 0.500. The van der Waals surface area contributed by atoms with Gasteiger partial charge in [-0.2, -0.15) is 11.8 Å². The Morgan fingerprint density at radius 1 is 1.43 bits per heavy atom. The maximum absolute atomic E-state index is 3.42. The molecule has 0 aromatic heterocycles. The summed E-state index contributed by atoms with van der Waals surface area (Å²) in [6.45, 7) is 5.60. The van der Waals surface area contributed by atoms with Crippen LogP contribution in [0.4, 0.5) is 5.69 Å². The maximum atomic E-state index is 3.42. The summed E-state index contributed by atoms with van der Waals surface area (Å²) >= 11 is 2.00. The van der Waals surface area contributed by atoms with Gasteiger partial charge in [0.1, 0.15) is 0 Å². The van der Waals surface area contributed by atoms with E-state index in [1.807, 2.05) is 11.8 Å². The van der Waals surface area contributed by atoms with Gasteiger partial charge in [0.05, 0.1) is 0 Å². The van der Waals surface area contributed by atoms with Gasteiger partial charge in [0, 0.05) is 18.0 Å². The lowest BCUT2D eigenvalue weighted by Crippen LogP contribution is -1.92. The van der Waals surface area contributed by atoms with Crippen molar-refractivity contribution in [3.05, 3.63) is 29.3 Å². The molecule has 1 N–H and O–H groups in total. The lowest BCUT2D eigenvalue weighted by atomic mass is 10.1. The van der Waals surface area contributed by atoms with Crippen LogP contribution in [-0.2, 0) is 12.2 Å². The zero-order chi connectivity index (χ0) is 9.97. The number of thioether (sulfide) groups is 1. The smallest absolute Gasteiger partial charge is 0.0376 e. The van der Waals surface area contributed by atoms with Crippen molar-refractivity contribution in [1.82, 2.24) is 0 Å². The fourth-order valence-corrected chi connectivity index (χ4v) is 2.40. The third-order valence-corrected chi connectivity index (χ3v) is 3.63. The van der Waals surface area contributed by atoms with Gasteiger partial charge < -0.3 is 5.32 Å². The van der Waals surface area contributed by atoms with Gasteiger partial charge in [0.15, 0.2) is 0 Å². The first-order chi connectivity index (χ1) is 6.75. The molecule has 0 bridgehead atoms. The van der Waals surface area contributed by atoms with Crippen LogP contribution in [0.25, 0.3) is 0 Å². The molecule has 1 nitrogen and oxygen atoms in total. The fourth-order valence-electron chi connectivity index (χ4n) is 1.69. The number of hydrogen-bond acceptors (Lipinski definition) is 2. The molecule has 1 aliphatic heterocycles. The summed E-state index contributed by atoms with van der Waals surface area (Å²) < 4.78 is 0. The lowest BCUT2D eigenvalue weighted by molar-refractivity contribution is 1.10. The van der Waals surface area contributed by atoms with E-state index in [9.17, 15) is 0 Å². The molecule has 0 fully saturated rings. The first-order valence-electron chi connectivity index (χ1n) is 5.23. The van der Waals surface area contributed by atoms with E-state index in [0.717, 1.165) is 17.5 Å². The molecule has 1 aliphatic rings. The van der Waals surface area contributed by atoms with Crippen molar-refractivity contribution in [3.8, 4) is 0 Å². The molecule has 0 unspecified atom stereocenters. The molecule has 76 valence electrons. The molecule has 0 atom stereocenters. The van der Waals surface area contributed by atoms with Crippen molar-refractivity contribution in [2.75, 3.05) is 11.9 Å². The summed E-state index contributed by atoms with van der Waals surface area (Å²) in [6, 6.07) is 6.84. The Hall–Kier alpha value is -0.630. The molecular formula is C12H17NS. The van der Waals surface area contributed by atoms with Gasteiger partial charge in [-0.1, -0.05) is 26.0 Å². The quantitative estimate of drug-likeness (QED) is 0.816. The van der Waals surface area contributed by atoms with E-state index in [1.54, 1.807) is 0 Å². The molecule has 1 heterocycles. The van der Waals surface area contributed by atoms with Crippen molar-refractivity contribution in [3.63, 3.8) is 0 Å². The van der Waals surface area contributed by atoms with Crippen LogP contribution < -0.4 is 5.32 Å². The Morgan fingerprint density at radius 3 is 3.07 bits per heavy atom. The van der Waals surface area contributed by atoms with Gasteiger partial charge in [0.25, 0.3) is 0 Å². The first-order valence-corrected chi connectivity index (χ1v) is 6.28. The third kappa shape index (κ3) is 2.24. The summed E-state index contributed by atoms with van der Waals surface area (Å²) in [5.74, 6) is 1.13. The van der Waals surface area contributed by atoms with Crippen molar-refractivity contribution < 1.29 is 0 Å². The minimum atomic E-state index is 0.719. The van der Waals surface area contributed by atoms with E-state index < -0.39 is 0 Å². The van der Waals surface area contributed by atoms with Crippen molar-refractivity contribution in [1.29, 1.82) is 0 Å². The number of benzene rings is 1. The number of fused-ring (bicyclic) bond motifs is 1. The summed E-state index contributed by atoms with van der Waals surface area (Å²) in [7, 11) is 0. The lowest BCUT2D eigenvalue weighted by Gasteiger charge is -2.07. The van der Waals surface area contributed by atoms with Crippen molar-refractivity contribution >= 4 is 17.4 Å². The Labute approximate surface area is 90.3 Å². The highest BCUT2D eigenvalue weighted by atomic mass is 32.2. The van der Waals surface area contributed by atoms with Gasteiger partial charge in [-0.05, 0) is 28.9 Å². The van der Waals surface area contributed by atoms with E-state index in [4.69, 9.17) is 0 Å². The first kappa shape index (κ1) is 9.91. The van der Waals surface area contributed by atoms with Crippen LogP contribution in [0.5, 0.6) is 0 Å². The number of rotatable bonds is 3. The molecule has 0 radical (unpaired) electrons. The molecule has 14 heavy (non-hydrogen) atoms. The van der Waals surface area contributed by atoms with Crippen LogP contribution in [0.15, 0.2) is 18.2 Å². The monoisotopic (exact) mass is 207 g/mol. The highest BCUT2D eigenvalue weighted by Gasteiger charge is 2.09. The average Bonchev–Trinajstić information content (AvgIpc) is 2.61. The summed E-state index contributed by atoms with van der Waals surface area (Å²) in [5.41, 5.74) is 4.27. The van der Waals surface area contributed by atoms with E-state index in [2.05, 4.69) is 37.4 Å². The molecule has 0 saturated carbocycles. The zero-order valence-corrected chi connectivity index (χ0v) is 9.66. The minimum Gasteiger partial charge on any atom is -0.384 e. The van der Waals surface area contributed by atoms with Crippen LogP contribution >= 0.6 is 11.8 Å². The van der Waals surface area contributed by atoms with Crippen molar-refractivity contribution in [2.24, 2.45) is 0 Å². The second kappa shape index (κ2) is 4.26. The summed E-state index contributed by atoms with van der Waals surface area (Å²) in [6.07, 6.45) is 1.19. The predicted octanol–water partition coefficient (Wildman–Crippen LogP) is 3.30. The minimum absolute atomic E-state index is 0.719. The van der Waals surface area contributed by atoms with E-state index in [0.29, 0.717) is 0 Å². The molecule has 2 heteroatoms. The Balaban J connectivity index is 2.05. The van der Waals surface area contributed by atoms with E-state index in [-0.39, 0.29) is 0 Å². The molecule has 1 aromatic rings. The van der Waals surface area contributed by atoms with Crippen molar-refractivity contribution in [2.45, 2.75) is 31.3 Å². The molecule has 0 aliphatic carbocycles. The maximum Gasteiger partial charge on any atom is 0.0376 e. The van der Waals surface area contributed by atoms with Crippen LogP contribution in [0, 0.1) is 0 Å². The largest absolute Gasteiger partial charge is 0.384 e. The van der Waals surface area contributed by atoms with Crippen LogP contribution in [0.3, 0.4) is 0 Å². The topological polar surface area (TPSA) is 12.0 Å². The summed E-state index contributed by atoms with van der Waals surface area (Å²) in [4.78, 5) is 0. The molecule has 1 aromatic carbocycles. The molecule has 0 spiro atoms. The van der Waals surface area contributed by atoms with E-state index >= 15 is 0 Å². The number of hydrogen-bond donors (Lipinski definition) is 1. The molecule has 2 rings (SSSR count). The molecule has 0 saturated heterocycles. The standard InChI is InChI=1S/C12H17NS/c1-9(2)14-8-10-3-4-11-5-6-13-12(11)7-10/h3-4,7,9,13H,5-6,8H2,1-2H3. The third-order valence-electron chi connectivity index (χ3n) is 2.47. The average molecular weight is 207 g/mol. The van der Waals surface area contributed by atoms with Crippen LogP contribution in [-0.4, -0.2) is 11.8 Å². The second-order valence-electron chi connectivity index (χ2n) is 4.03. The molecular weight excluding hydrogens is 190 g/mol. The van der Waals surface area contributed by atoms with Crippen LogP contribution in [0.1, 0.15) is 25.0 Å². The highest BCUT2D eigenvalue weighted by Crippen LogP contribution is 2.26. The van der Waals surface area contributed by atoms with E-state index in [1.165, 1.54) is 23.2 Å². The van der Waals surface area contributed by atoms with Gasteiger partial charge in [-0.3, -0.25) is 0 Å². The van der Waals surface area contributed by atoms with Gasteiger partial charge in [-0.15, -0.1) is 0 Å². The number of anilines is 1. The predicted molar refractivity (Wildman–Crippen MR) is 65.1 cm³/mol. The Morgan fingerprint density at radius 2 is 2.29 bits per heavy atom. The highest BCUT2D eigenvalue weighted by molar-refractivity contribution is 7.99. The molecule has 0 amide bonds. The Kier molecular flexibility index (Phi) is 3.02. The SMILES string of the molecule is CC(C)SCc1ccc2c(c1)NCC2. The summed E-state index contributed by atoms with van der Waals surface area (Å²) in [5, 5.41) is 4.14. The van der Waals surface area contributed by atoms with Gasteiger partial charge >= 0.3 is 0 Å². The normalized spacial score (nSPS) is 14.2.